The van der Waals surface area contributed by atoms with Crippen molar-refractivity contribution in [2.24, 2.45) is 0 Å². The molecule has 0 atom stereocenters. The van der Waals surface area contributed by atoms with Crippen LogP contribution < -0.4 is 15.2 Å². The van der Waals surface area contributed by atoms with Crippen LogP contribution in [0.4, 0.5) is 5.69 Å². The first kappa shape index (κ1) is 20.9. The lowest BCUT2D eigenvalue weighted by molar-refractivity contribution is 0.0628. The first-order valence-electron chi connectivity index (χ1n) is 8.68. The topological polar surface area (TPSA) is 68.0 Å². The van der Waals surface area contributed by atoms with Crippen molar-refractivity contribution in [2.45, 2.75) is 6.54 Å². The van der Waals surface area contributed by atoms with E-state index < -0.39 is 0 Å². The Morgan fingerprint density at radius 3 is 2.19 bits per heavy atom. The fourth-order valence-electron chi connectivity index (χ4n) is 3.17. The first-order chi connectivity index (χ1) is 12.6. The highest BCUT2D eigenvalue weighted by Gasteiger charge is 2.23. The molecule has 2 aromatic carbocycles. The lowest BCUT2D eigenvalue weighted by atomic mass is 10.1. The van der Waals surface area contributed by atoms with Crippen LogP contribution in [0.5, 0.6) is 11.5 Å². The number of ether oxygens (including phenoxy) is 2. The van der Waals surface area contributed by atoms with Gasteiger partial charge in [-0.3, -0.25) is 9.69 Å². The van der Waals surface area contributed by atoms with Crippen LogP contribution in [0.15, 0.2) is 42.5 Å². The number of carbonyl (C=O) groups excluding carboxylic acids is 1. The van der Waals surface area contributed by atoms with E-state index in [1.807, 2.05) is 23.1 Å². The molecule has 0 bridgehead atoms. The molecule has 0 aromatic heterocycles. The molecule has 2 N–H and O–H groups in total. The third-order valence-corrected chi connectivity index (χ3v) is 4.62. The number of hydrogen-bond acceptors (Lipinski definition) is 5. The van der Waals surface area contributed by atoms with Crippen LogP contribution in [0.2, 0.25) is 0 Å². The molecular formula is C20H26ClN3O3. The molecule has 1 saturated heterocycles. The lowest BCUT2D eigenvalue weighted by Gasteiger charge is -2.35. The third kappa shape index (κ3) is 5.28. The highest BCUT2D eigenvalue weighted by Crippen LogP contribution is 2.24. The number of carbonyl (C=O) groups is 1. The maximum Gasteiger partial charge on any atom is 0.254 e. The largest absolute Gasteiger partial charge is 0.497 e. The number of nitrogens with zero attached hydrogens (tertiary/aromatic N) is 2. The summed E-state index contributed by atoms with van der Waals surface area (Å²) >= 11 is 0. The van der Waals surface area contributed by atoms with E-state index in [1.165, 1.54) is 5.56 Å². The Balaban J connectivity index is 0.00000261. The van der Waals surface area contributed by atoms with Crippen LogP contribution in [0.3, 0.4) is 0 Å². The summed E-state index contributed by atoms with van der Waals surface area (Å²) < 4.78 is 10.5. The van der Waals surface area contributed by atoms with Gasteiger partial charge in [-0.2, -0.15) is 0 Å². The summed E-state index contributed by atoms with van der Waals surface area (Å²) in [5.41, 5.74) is 8.41. The predicted octanol–water partition coefficient (Wildman–Crippen LogP) is 2.67. The van der Waals surface area contributed by atoms with Crippen LogP contribution in [-0.4, -0.2) is 56.1 Å². The van der Waals surface area contributed by atoms with Crippen molar-refractivity contribution in [1.29, 1.82) is 0 Å². The van der Waals surface area contributed by atoms with E-state index in [9.17, 15) is 4.79 Å². The number of rotatable bonds is 5. The highest BCUT2D eigenvalue weighted by molar-refractivity contribution is 5.95. The van der Waals surface area contributed by atoms with E-state index in [1.54, 1.807) is 32.4 Å². The Kier molecular flexibility index (Phi) is 7.33. The number of amides is 1. The fourth-order valence-corrected chi connectivity index (χ4v) is 3.17. The predicted molar refractivity (Wildman–Crippen MR) is 109 cm³/mol. The molecule has 3 rings (SSSR count). The SMILES string of the molecule is COc1cc(OC)cc(C(=O)N2CCN(Cc3cccc(N)c3)CC2)c1.Cl. The number of nitrogens with two attached hydrogens (primary N) is 1. The Bertz CT molecular complexity index is 755. The zero-order valence-electron chi connectivity index (χ0n) is 15.7. The number of methoxy groups -OCH3 is 2. The Hall–Kier alpha value is -2.44. The molecule has 146 valence electrons. The van der Waals surface area contributed by atoms with Gasteiger partial charge in [0.05, 0.1) is 14.2 Å². The summed E-state index contributed by atoms with van der Waals surface area (Å²) in [6.07, 6.45) is 0. The molecule has 0 radical (unpaired) electrons. The van der Waals surface area contributed by atoms with Crippen molar-refractivity contribution in [3.63, 3.8) is 0 Å². The van der Waals surface area contributed by atoms with Gasteiger partial charge in [-0.15, -0.1) is 12.4 Å². The minimum atomic E-state index is 0. The minimum Gasteiger partial charge on any atom is -0.497 e. The van der Waals surface area contributed by atoms with Crippen LogP contribution in [0, 0.1) is 0 Å². The maximum absolute atomic E-state index is 12.8. The van der Waals surface area contributed by atoms with Crippen molar-refractivity contribution in [1.82, 2.24) is 9.80 Å². The average molecular weight is 392 g/mol. The second-order valence-corrected chi connectivity index (χ2v) is 6.41. The number of anilines is 1. The summed E-state index contributed by atoms with van der Waals surface area (Å²) in [4.78, 5) is 17.0. The summed E-state index contributed by atoms with van der Waals surface area (Å²) in [6.45, 7) is 3.91. The molecule has 1 aliphatic rings. The van der Waals surface area contributed by atoms with Gasteiger partial charge in [0.1, 0.15) is 11.5 Å². The van der Waals surface area contributed by atoms with Gasteiger partial charge in [0.15, 0.2) is 0 Å². The van der Waals surface area contributed by atoms with Gasteiger partial charge in [0, 0.05) is 50.0 Å². The first-order valence-corrected chi connectivity index (χ1v) is 8.68. The van der Waals surface area contributed by atoms with Crippen LogP contribution >= 0.6 is 12.4 Å². The van der Waals surface area contributed by atoms with Crippen LogP contribution in [-0.2, 0) is 6.54 Å². The molecule has 0 saturated carbocycles. The summed E-state index contributed by atoms with van der Waals surface area (Å²) in [5.74, 6) is 1.24. The van der Waals surface area contributed by atoms with E-state index in [2.05, 4.69) is 11.0 Å². The molecule has 0 spiro atoms. The summed E-state index contributed by atoms with van der Waals surface area (Å²) in [5, 5.41) is 0. The van der Waals surface area contributed by atoms with Crippen molar-refractivity contribution in [3.8, 4) is 11.5 Å². The van der Waals surface area contributed by atoms with E-state index in [0.29, 0.717) is 30.2 Å². The second-order valence-electron chi connectivity index (χ2n) is 6.41. The average Bonchev–Trinajstić information content (AvgIpc) is 2.67. The number of halogens is 1. The number of piperazine rings is 1. The molecule has 6 nitrogen and oxygen atoms in total. The number of benzene rings is 2. The fraction of sp³-hybridized carbons (Fsp3) is 0.350. The summed E-state index contributed by atoms with van der Waals surface area (Å²) in [7, 11) is 3.16. The third-order valence-electron chi connectivity index (χ3n) is 4.62. The molecular weight excluding hydrogens is 366 g/mol. The molecule has 1 fully saturated rings. The van der Waals surface area contributed by atoms with Crippen molar-refractivity contribution in [3.05, 3.63) is 53.6 Å². The monoisotopic (exact) mass is 391 g/mol. The normalized spacial score (nSPS) is 14.4. The van der Waals surface area contributed by atoms with E-state index in [0.717, 1.165) is 25.3 Å². The summed E-state index contributed by atoms with van der Waals surface area (Å²) in [6, 6.07) is 13.2. The maximum atomic E-state index is 12.8. The van der Waals surface area contributed by atoms with E-state index in [4.69, 9.17) is 15.2 Å². The van der Waals surface area contributed by atoms with Crippen molar-refractivity contribution < 1.29 is 14.3 Å². The van der Waals surface area contributed by atoms with Crippen molar-refractivity contribution in [2.75, 3.05) is 46.1 Å². The molecule has 2 aromatic rings. The van der Waals surface area contributed by atoms with Crippen LogP contribution in [0.25, 0.3) is 0 Å². The zero-order valence-corrected chi connectivity index (χ0v) is 16.5. The standard InChI is InChI=1S/C20H25N3O3.ClH/c1-25-18-11-16(12-19(13-18)26-2)20(24)23-8-6-22(7-9-23)14-15-4-3-5-17(21)10-15;/h3-5,10-13H,6-9,14,21H2,1-2H3;1H. The Morgan fingerprint density at radius 1 is 1.00 bits per heavy atom. The molecule has 1 heterocycles. The van der Waals surface area contributed by atoms with E-state index >= 15 is 0 Å². The molecule has 1 aliphatic heterocycles. The zero-order chi connectivity index (χ0) is 18.5. The van der Waals surface area contributed by atoms with Gasteiger partial charge in [0.2, 0.25) is 0 Å². The number of hydrogen-bond donors (Lipinski definition) is 1. The van der Waals surface area contributed by atoms with Crippen molar-refractivity contribution >= 4 is 24.0 Å². The van der Waals surface area contributed by atoms with Crippen LogP contribution in [0.1, 0.15) is 15.9 Å². The molecule has 0 aliphatic carbocycles. The number of nitrogen functional groups attached to an aromatic ring is 1. The molecule has 7 heteroatoms. The molecule has 1 amide bonds. The molecule has 27 heavy (non-hydrogen) atoms. The quantitative estimate of drug-likeness (QED) is 0.793. The minimum absolute atomic E-state index is 0. The molecule has 0 unspecified atom stereocenters. The Labute approximate surface area is 166 Å². The van der Waals surface area contributed by atoms with Gasteiger partial charge in [-0.1, -0.05) is 12.1 Å². The van der Waals surface area contributed by atoms with E-state index in [-0.39, 0.29) is 18.3 Å². The van der Waals surface area contributed by atoms with Gasteiger partial charge >= 0.3 is 0 Å². The van der Waals surface area contributed by atoms with Gasteiger partial charge in [-0.25, -0.2) is 0 Å². The van der Waals surface area contributed by atoms with Gasteiger partial charge < -0.3 is 20.1 Å². The highest BCUT2D eigenvalue weighted by atomic mass is 35.5. The second kappa shape index (κ2) is 9.48. The lowest BCUT2D eigenvalue weighted by Crippen LogP contribution is -2.48. The van der Waals surface area contributed by atoms with Gasteiger partial charge in [0.25, 0.3) is 5.91 Å². The Morgan fingerprint density at radius 2 is 1.63 bits per heavy atom. The smallest absolute Gasteiger partial charge is 0.254 e. The van der Waals surface area contributed by atoms with Gasteiger partial charge in [-0.05, 0) is 29.8 Å².